The zero-order valence-electron chi connectivity index (χ0n) is 21.3. The molecule has 1 saturated heterocycles. The molecule has 0 aromatic carbocycles. The fourth-order valence-electron chi connectivity index (χ4n) is 3.71. The van der Waals surface area contributed by atoms with Gasteiger partial charge in [0, 0.05) is 25.5 Å². The number of hydrogen-bond acceptors (Lipinski definition) is 8. The van der Waals surface area contributed by atoms with Crippen LogP contribution in [0.5, 0.6) is 0 Å². The standard InChI is InChI=1S/C22H38BF2N2O9/c1-12(6-8-23-5)34-9-7-21(3,4)27-20(33)35-18(15(30)11-28)17-14(26-13(2)29)10-16(24)22(25,36-17)19(31)32/h12,14-18,28,30H,6-11H2,1-5H3,(H,26,29)(H,27,33)(H,31,32)/t12?,14-,15-,16+,17-,18-,22-/m1/s1. The number of carboxylic acids is 1. The second-order valence-electron chi connectivity index (χ2n) is 9.59. The van der Waals surface area contributed by atoms with E-state index in [2.05, 4.69) is 10.6 Å². The Kier molecular flexibility index (Phi) is 12.5. The van der Waals surface area contributed by atoms with Crippen LogP contribution < -0.4 is 10.6 Å². The monoisotopic (exact) mass is 523 g/mol. The molecule has 1 radical (unpaired) electrons. The number of carboxylic acid groups (broad SMARTS) is 1. The van der Waals surface area contributed by atoms with E-state index >= 15 is 0 Å². The summed E-state index contributed by atoms with van der Waals surface area (Å²) in [5.41, 5.74) is -0.859. The second-order valence-corrected chi connectivity index (χ2v) is 9.59. The molecule has 0 aliphatic carbocycles. The van der Waals surface area contributed by atoms with Gasteiger partial charge in [0.05, 0.1) is 18.8 Å². The van der Waals surface area contributed by atoms with Crippen molar-refractivity contribution in [1.82, 2.24) is 10.6 Å². The third-order valence-electron chi connectivity index (χ3n) is 5.81. The Morgan fingerprint density at radius 3 is 2.50 bits per heavy atom. The number of alkyl halides is 2. The van der Waals surface area contributed by atoms with Gasteiger partial charge in [0.25, 0.3) is 0 Å². The molecule has 1 aliphatic heterocycles. The average molecular weight is 523 g/mol. The number of nitrogens with one attached hydrogen (secondary N) is 2. The molecule has 0 bridgehead atoms. The van der Waals surface area contributed by atoms with Crippen molar-refractivity contribution in [2.45, 2.75) is 108 Å². The van der Waals surface area contributed by atoms with Crippen LogP contribution in [0.4, 0.5) is 13.6 Å². The third-order valence-corrected chi connectivity index (χ3v) is 5.81. The van der Waals surface area contributed by atoms with E-state index in [0.29, 0.717) is 13.0 Å². The summed E-state index contributed by atoms with van der Waals surface area (Å²) in [5.74, 6) is -6.78. The first-order valence-electron chi connectivity index (χ1n) is 11.8. The van der Waals surface area contributed by atoms with Crippen LogP contribution in [-0.4, -0.2) is 102 Å². The lowest BCUT2D eigenvalue weighted by molar-refractivity contribution is -0.272. The van der Waals surface area contributed by atoms with Crippen molar-refractivity contribution in [3.63, 3.8) is 0 Å². The van der Waals surface area contributed by atoms with Crippen molar-refractivity contribution < 1.29 is 52.7 Å². The van der Waals surface area contributed by atoms with E-state index in [4.69, 9.17) is 19.3 Å². The molecule has 1 aliphatic rings. The molecular formula is C22H38BF2N2O9. The predicted octanol–water partition coefficient (Wildman–Crippen LogP) is 0.951. The minimum atomic E-state index is -3.82. The van der Waals surface area contributed by atoms with Gasteiger partial charge in [-0.25, -0.2) is 14.0 Å². The Bertz CT molecular complexity index is 748. The number of hydrogen-bond donors (Lipinski definition) is 5. The van der Waals surface area contributed by atoms with Crippen LogP contribution >= 0.6 is 0 Å². The summed E-state index contributed by atoms with van der Waals surface area (Å²) < 4.78 is 45.0. The largest absolute Gasteiger partial charge is 0.477 e. The highest BCUT2D eigenvalue weighted by Crippen LogP contribution is 2.36. The topological polar surface area (TPSA) is 164 Å². The number of amides is 2. The normalized spacial score (nSPS) is 26.9. The molecular weight excluding hydrogens is 485 g/mol. The number of carbonyl (C=O) groups is 3. The molecule has 36 heavy (non-hydrogen) atoms. The zero-order valence-corrected chi connectivity index (χ0v) is 21.3. The maximum atomic E-state index is 14.8. The van der Waals surface area contributed by atoms with Crippen molar-refractivity contribution in [2.75, 3.05) is 13.2 Å². The Labute approximate surface area is 210 Å². The van der Waals surface area contributed by atoms with Gasteiger partial charge in [0.1, 0.15) is 19.5 Å². The second kappa shape index (κ2) is 14.1. The lowest BCUT2D eigenvalue weighted by atomic mass is 9.76. The van der Waals surface area contributed by atoms with Gasteiger partial charge in [-0.05, 0) is 33.6 Å². The predicted molar refractivity (Wildman–Crippen MR) is 125 cm³/mol. The lowest BCUT2D eigenvalue weighted by Gasteiger charge is -2.43. The minimum absolute atomic E-state index is 0.0109. The lowest BCUT2D eigenvalue weighted by Crippen LogP contribution is -2.66. The van der Waals surface area contributed by atoms with Crippen LogP contribution in [-0.2, 0) is 23.8 Å². The Morgan fingerprint density at radius 2 is 1.97 bits per heavy atom. The number of ether oxygens (including phenoxy) is 3. The molecule has 11 nitrogen and oxygen atoms in total. The van der Waals surface area contributed by atoms with E-state index in [1.807, 2.05) is 21.0 Å². The number of alkyl carbamates (subject to hydrolysis) is 1. The Balaban J connectivity index is 2.98. The van der Waals surface area contributed by atoms with Crippen molar-refractivity contribution in [1.29, 1.82) is 0 Å². The summed E-state index contributed by atoms with van der Waals surface area (Å²) in [7, 11) is 2.03. The molecule has 5 N–H and O–H groups in total. The summed E-state index contributed by atoms with van der Waals surface area (Å²) in [4.78, 5) is 35.6. The molecule has 0 saturated carbocycles. The van der Waals surface area contributed by atoms with Gasteiger partial charge < -0.3 is 40.2 Å². The number of rotatable bonds is 14. The molecule has 0 aromatic rings. The molecule has 7 atom stereocenters. The van der Waals surface area contributed by atoms with Crippen molar-refractivity contribution in [3.05, 3.63) is 0 Å². The van der Waals surface area contributed by atoms with Crippen LogP contribution in [0.25, 0.3) is 0 Å². The Hall–Kier alpha value is -2.03. The van der Waals surface area contributed by atoms with Gasteiger partial charge in [-0.15, -0.1) is 0 Å². The van der Waals surface area contributed by atoms with Gasteiger partial charge in [0.15, 0.2) is 12.3 Å². The number of aliphatic hydroxyl groups excluding tert-OH is 2. The highest BCUT2D eigenvalue weighted by Gasteiger charge is 2.59. The molecule has 0 spiro atoms. The van der Waals surface area contributed by atoms with E-state index < -0.39 is 72.9 Å². The van der Waals surface area contributed by atoms with Gasteiger partial charge >= 0.3 is 17.9 Å². The molecule has 1 heterocycles. The van der Waals surface area contributed by atoms with Crippen LogP contribution in [0, 0.1) is 0 Å². The Morgan fingerprint density at radius 1 is 1.33 bits per heavy atom. The van der Waals surface area contributed by atoms with Crippen LogP contribution in [0.15, 0.2) is 0 Å². The third kappa shape index (κ3) is 9.45. The van der Waals surface area contributed by atoms with Crippen molar-refractivity contribution in [2.24, 2.45) is 0 Å². The maximum absolute atomic E-state index is 14.8. The van der Waals surface area contributed by atoms with Crippen LogP contribution in [0.1, 0.15) is 47.0 Å². The molecule has 1 unspecified atom stereocenters. The summed E-state index contributed by atoms with van der Waals surface area (Å²) in [6, 6.07) is -1.37. The molecule has 1 rings (SSSR count). The highest BCUT2D eigenvalue weighted by molar-refractivity contribution is 6.33. The number of aliphatic hydroxyl groups is 2. The fourth-order valence-corrected chi connectivity index (χ4v) is 3.71. The first-order chi connectivity index (χ1) is 16.7. The quantitative estimate of drug-likeness (QED) is 0.209. The number of carbonyl (C=O) groups excluding carboxylic acids is 2. The van der Waals surface area contributed by atoms with E-state index in [1.54, 1.807) is 13.8 Å². The molecule has 207 valence electrons. The van der Waals surface area contributed by atoms with E-state index in [-0.39, 0.29) is 6.10 Å². The minimum Gasteiger partial charge on any atom is -0.477 e. The van der Waals surface area contributed by atoms with Gasteiger partial charge in [-0.2, -0.15) is 4.39 Å². The summed E-state index contributed by atoms with van der Waals surface area (Å²) in [6.45, 7) is 7.66. The first kappa shape index (κ1) is 32.0. The molecule has 1 fully saturated rings. The smallest absolute Gasteiger partial charge is 0.408 e. The van der Waals surface area contributed by atoms with E-state index in [9.17, 15) is 33.4 Å². The molecule has 14 heteroatoms. The highest BCUT2D eigenvalue weighted by atomic mass is 19.2. The van der Waals surface area contributed by atoms with Gasteiger partial charge in [0.2, 0.25) is 5.91 Å². The zero-order chi connectivity index (χ0) is 27.7. The van der Waals surface area contributed by atoms with Crippen LogP contribution in [0.3, 0.4) is 0 Å². The summed E-state index contributed by atoms with van der Waals surface area (Å²) >= 11 is 0. The fraction of sp³-hybridized carbons (Fsp3) is 0.864. The summed E-state index contributed by atoms with van der Waals surface area (Å²) in [6.07, 6.45) is -8.04. The first-order valence-corrected chi connectivity index (χ1v) is 11.8. The van der Waals surface area contributed by atoms with Gasteiger partial charge in [-0.1, -0.05) is 13.1 Å². The molecule has 0 aromatic heterocycles. The van der Waals surface area contributed by atoms with E-state index in [1.165, 1.54) is 0 Å². The SMILES string of the molecule is C[B]CCC(C)OCCC(C)(C)NC(=O)O[C@@H]([C@@H]1O[C@@](F)(C(=O)O)[C@@H](F)C[C@H]1NC(C)=O)[C@H](O)CO. The van der Waals surface area contributed by atoms with Crippen LogP contribution in [0.2, 0.25) is 13.1 Å². The maximum Gasteiger partial charge on any atom is 0.408 e. The van der Waals surface area contributed by atoms with Crippen molar-refractivity contribution in [3.8, 4) is 0 Å². The van der Waals surface area contributed by atoms with Gasteiger partial charge in [-0.3, -0.25) is 4.79 Å². The summed E-state index contributed by atoms with van der Waals surface area (Å²) in [5, 5.41) is 33.8. The van der Waals surface area contributed by atoms with Crippen molar-refractivity contribution >= 4 is 25.2 Å². The number of aliphatic carboxylic acids is 1. The molecule has 2 amide bonds. The number of halogens is 2. The average Bonchev–Trinajstić information content (AvgIpc) is 2.77. The van der Waals surface area contributed by atoms with E-state index in [0.717, 1.165) is 19.7 Å².